The van der Waals surface area contributed by atoms with Crippen LogP contribution in [0.15, 0.2) is 0 Å². The van der Waals surface area contributed by atoms with Crippen molar-refractivity contribution >= 4 is 41.6 Å². The summed E-state index contributed by atoms with van der Waals surface area (Å²) in [5.41, 5.74) is 0. The topological polar surface area (TPSA) is 0 Å². The van der Waals surface area contributed by atoms with E-state index < -0.39 is 22.7 Å². The van der Waals surface area contributed by atoms with Crippen LogP contribution in [0.1, 0.15) is 96.3 Å². The van der Waals surface area contributed by atoms with E-state index in [1.54, 1.807) is 96.3 Å². The van der Waals surface area contributed by atoms with Crippen LogP contribution in [0.5, 0.6) is 0 Å². The van der Waals surface area contributed by atoms with Gasteiger partial charge in [0.2, 0.25) is 0 Å². The van der Waals surface area contributed by atoms with Crippen molar-refractivity contribution in [3.63, 3.8) is 0 Å². The van der Waals surface area contributed by atoms with Crippen LogP contribution in [0.3, 0.4) is 0 Å². The van der Waals surface area contributed by atoms with Crippen LogP contribution in [0.25, 0.3) is 0 Å². The van der Waals surface area contributed by atoms with Gasteiger partial charge in [-0.3, -0.25) is 0 Å². The van der Waals surface area contributed by atoms with Gasteiger partial charge in [-0.2, -0.15) is 0 Å². The van der Waals surface area contributed by atoms with E-state index >= 15 is 0 Å². The molecule has 2 radical (unpaired) electrons. The minimum absolute atomic E-state index is 0. The third kappa shape index (κ3) is 4.76. The third-order valence-electron chi connectivity index (χ3n) is 6.23. The summed E-state index contributed by atoms with van der Waals surface area (Å²) in [5, 5.41) is 0. The van der Waals surface area contributed by atoms with Crippen LogP contribution in [0.4, 0.5) is 0 Å². The van der Waals surface area contributed by atoms with Gasteiger partial charge in [-0.25, -0.2) is 0 Å². The quantitative estimate of drug-likeness (QED) is 0.444. The van der Waals surface area contributed by atoms with Crippen LogP contribution >= 0.6 is 0 Å². The van der Waals surface area contributed by atoms with Crippen molar-refractivity contribution in [1.82, 2.24) is 0 Å². The molecule has 0 aromatic heterocycles. The predicted octanol–water partition coefficient (Wildman–Crippen LogP) is 6.10. The van der Waals surface area contributed by atoms with Crippen molar-refractivity contribution in [1.29, 1.82) is 0 Å². The molecule has 0 saturated heterocycles. The van der Waals surface area contributed by atoms with Gasteiger partial charge in [0.25, 0.3) is 0 Å². The molecule has 3 aliphatic rings. The Morgan fingerprint density at radius 1 is 0.400 bits per heavy atom. The fourth-order valence-corrected chi connectivity index (χ4v) is 25.6. The van der Waals surface area contributed by atoms with Gasteiger partial charge in [0.05, 0.1) is 0 Å². The second-order valence-corrected chi connectivity index (χ2v) is 20.9. The normalized spacial score (nSPS) is 27.4. The molecular formula is C18H33LiPb. The first-order chi connectivity index (χ1) is 9.45. The zero-order valence-electron chi connectivity index (χ0n) is 13.8. The van der Waals surface area contributed by atoms with E-state index in [0.717, 1.165) is 0 Å². The summed E-state index contributed by atoms with van der Waals surface area (Å²) in [5.74, 6) is 0. The minimum Gasteiger partial charge on any atom is 0 e. The van der Waals surface area contributed by atoms with Crippen molar-refractivity contribution in [2.45, 2.75) is 107 Å². The summed E-state index contributed by atoms with van der Waals surface area (Å²) in [6, 6.07) is 0. The SMILES string of the molecule is C1CC[CH]([Pb]([CH]2CCCCC2)[CH]2CCCCC2)CC1.[Li]. The molecule has 110 valence electrons. The monoisotopic (exact) mass is 464 g/mol. The largest absolute Gasteiger partial charge is 0 e. The van der Waals surface area contributed by atoms with Crippen molar-refractivity contribution in [2.75, 3.05) is 0 Å². The zero-order valence-corrected chi connectivity index (χ0v) is 17.7. The van der Waals surface area contributed by atoms with Crippen molar-refractivity contribution in [3.8, 4) is 0 Å². The maximum Gasteiger partial charge on any atom is 0 e. The van der Waals surface area contributed by atoms with E-state index in [9.17, 15) is 0 Å². The van der Waals surface area contributed by atoms with Gasteiger partial charge in [0.15, 0.2) is 0 Å². The molecule has 3 saturated carbocycles. The van der Waals surface area contributed by atoms with Crippen LogP contribution in [-0.4, -0.2) is 41.6 Å². The predicted molar refractivity (Wildman–Crippen MR) is 92.0 cm³/mol. The molecule has 3 rings (SSSR count). The number of hydrogen-bond acceptors (Lipinski definition) is 0. The average molecular weight is 464 g/mol. The minimum atomic E-state index is -1.34. The van der Waals surface area contributed by atoms with Gasteiger partial charge < -0.3 is 0 Å². The van der Waals surface area contributed by atoms with E-state index in [1.165, 1.54) is 10.4 Å². The van der Waals surface area contributed by atoms with Gasteiger partial charge in [-0.15, -0.1) is 0 Å². The summed E-state index contributed by atoms with van der Waals surface area (Å²) in [6.07, 6.45) is 24.3. The average Bonchev–Trinajstić information content (AvgIpc) is 2.51. The maximum atomic E-state index is 1.68. The molecule has 0 aromatic carbocycles. The van der Waals surface area contributed by atoms with Crippen molar-refractivity contribution in [3.05, 3.63) is 0 Å². The summed E-state index contributed by atoms with van der Waals surface area (Å²) in [4.78, 5) is 0. The number of hydrogen-bond donors (Lipinski definition) is 0. The standard InChI is InChI=1S/3C6H11.Li.Pb/c3*1-2-4-6-5-3-1;;/h3*1H,2-6H2;;. The fraction of sp³-hybridized carbons (Fsp3) is 1.00. The summed E-state index contributed by atoms with van der Waals surface area (Å²) in [7, 11) is 0. The Bertz CT molecular complexity index is 207. The first kappa shape index (κ1) is 17.9. The second kappa shape index (κ2) is 9.61. The molecule has 0 aliphatic heterocycles. The van der Waals surface area contributed by atoms with Gasteiger partial charge >= 0.3 is 129 Å². The Labute approximate surface area is 147 Å². The molecule has 2 heteroatoms. The molecule has 3 fully saturated rings. The van der Waals surface area contributed by atoms with Crippen molar-refractivity contribution in [2.24, 2.45) is 0 Å². The first-order valence-electron chi connectivity index (χ1n) is 9.32. The fourth-order valence-electron chi connectivity index (χ4n) is 5.31. The molecule has 0 unspecified atom stereocenters. The molecule has 3 aliphatic carbocycles. The van der Waals surface area contributed by atoms with E-state index in [-0.39, 0.29) is 18.9 Å². The molecule has 20 heavy (non-hydrogen) atoms. The molecule has 0 heterocycles. The Hall–Kier alpha value is 1.52. The Morgan fingerprint density at radius 3 is 0.900 bits per heavy atom. The summed E-state index contributed by atoms with van der Waals surface area (Å²) >= 11 is -1.34. The van der Waals surface area contributed by atoms with E-state index in [2.05, 4.69) is 0 Å². The molecule has 0 bridgehead atoms. The first-order valence-corrected chi connectivity index (χ1v) is 16.0. The Kier molecular flexibility index (Phi) is 8.59. The maximum absolute atomic E-state index is 1.68. The van der Waals surface area contributed by atoms with Crippen LogP contribution in [-0.2, 0) is 0 Å². The molecule has 0 aromatic rings. The Morgan fingerprint density at radius 2 is 0.650 bits per heavy atom. The van der Waals surface area contributed by atoms with Crippen LogP contribution in [0, 0.1) is 0 Å². The Balaban J connectivity index is 0.00000147. The summed E-state index contributed by atoms with van der Waals surface area (Å²) in [6.45, 7) is 0. The van der Waals surface area contributed by atoms with Crippen LogP contribution in [0.2, 0.25) is 10.4 Å². The van der Waals surface area contributed by atoms with E-state index in [4.69, 9.17) is 0 Å². The molecule has 0 N–H and O–H groups in total. The van der Waals surface area contributed by atoms with Gasteiger partial charge in [0, 0.05) is 18.9 Å². The molecule has 0 nitrogen and oxygen atoms in total. The van der Waals surface area contributed by atoms with E-state index in [0.29, 0.717) is 0 Å². The molecule has 0 amide bonds. The van der Waals surface area contributed by atoms with Crippen LogP contribution < -0.4 is 0 Å². The third-order valence-corrected chi connectivity index (χ3v) is 24.0. The zero-order chi connectivity index (χ0) is 12.9. The van der Waals surface area contributed by atoms with Gasteiger partial charge in [-0.05, 0) is 0 Å². The summed E-state index contributed by atoms with van der Waals surface area (Å²) < 4.78 is 4.01. The van der Waals surface area contributed by atoms with E-state index in [1.807, 2.05) is 0 Å². The van der Waals surface area contributed by atoms with Crippen molar-refractivity contribution < 1.29 is 0 Å². The van der Waals surface area contributed by atoms with Gasteiger partial charge in [-0.1, -0.05) is 0 Å². The number of rotatable bonds is 3. The second-order valence-electron chi connectivity index (χ2n) is 7.50. The molecule has 0 atom stereocenters. The van der Waals surface area contributed by atoms with Gasteiger partial charge in [0.1, 0.15) is 0 Å². The molecule has 0 spiro atoms. The molecular weight excluding hydrogens is 430 g/mol. The smallest absolute Gasteiger partial charge is 0 e.